The lowest BCUT2D eigenvalue weighted by Crippen LogP contribution is -2.02. The van der Waals surface area contributed by atoms with Gasteiger partial charge in [0.1, 0.15) is 0 Å². The van der Waals surface area contributed by atoms with Gasteiger partial charge in [0.25, 0.3) is 0 Å². The Labute approximate surface area is 78.4 Å². The fraction of sp³-hybridized carbons (Fsp3) is 0.364. The standard InChI is InChI=1S/C11H13NO/c1-9(13)6-7-10-4-2-3-5-11(10)8-12/h2-5,9,13H,6-7H2,1H3/t9-/m0/s1. The van der Waals surface area contributed by atoms with Crippen LogP contribution in [0.4, 0.5) is 0 Å². The van der Waals surface area contributed by atoms with Gasteiger partial charge in [0.05, 0.1) is 17.7 Å². The predicted molar refractivity (Wildman–Crippen MR) is 51.2 cm³/mol. The molecule has 0 radical (unpaired) electrons. The molecule has 0 spiro atoms. The van der Waals surface area contributed by atoms with Crippen LogP contribution in [0.5, 0.6) is 0 Å². The van der Waals surface area contributed by atoms with Crippen molar-refractivity contribution in [2.45, 2.75) is 25.9 Å². The van der Waals surface area contributed by atoms with E-state index in [1.807, 2.05) is 18.2 Å². The van der Waals surface area contributed by atoms with Crippen molar-refractivity contribution in [3.63, 3.8) is 0 Å². The summed E-state index contributed by atoms with van der Waals surface area (Å²) in [6.45, 7) is 1.76. The lowest BCUT2D eigenvalue weighted by Gasteiger charge is -2.05. The van der Waals surface area contributed by atoms with Gasteiger partial charge in [-0.1, -0.05) is 18.2 Å². The zero-order chi connectivity index (χ0) is 9.68. The number of nitrogens with zero attached hydrogens (tertiary/aromatic N) is 1. The van der Waals surface area contributed by atoms with E-state index in [9.17, 15) is 0 Å². The molecule has 1 atom stereocenters. The molecule has 1 aromatic carbocycles. The highest BCUT2D eigenvalue weighted by atomic mass is 16.3. The average molecular weight is 175 g/mol. The molecule has 68 valence electrons. The minimum absolute atomic E-state index is 0.299. The number of aryl methyl sites for hydroxylation is 1. The van der Waals surface area contributed by atoms with Gasteiger partial charge >= 0.3 is 0 Å². The second-order valence-electron chi connectivity index (χ2n) is 3.16. The van der Waals surface area contributed by atoms with Gasteiger partial charge in [-0.3, -0.25) is 0 Å². The molecule has 13 heavy (non-hydrogen) atoms. The Balaban J connectivity index is 2.71. The molecule has 0 aliphatic rings. The van der Waals surface area contributed by atoms with Crippen molar-refractivity contribution < 1.29 is 5.11 Å². The van der Waals surface area contributed by atoms with E-state index in [-0.39, 0.29) is 6.10 Å². The molecular formula is C11H13NO. The van der Waals surface area contributed by atoms with Crippen molar-refractivity contribution in [3.8, 4) is 6.07 Å². The largest absolute Gasteiger partial charge is 0.393 e. The van der Waals surface area contributed by atoms with Crippen LogP contribution in [0.2, 0.25) is 0 Å². The summed E-state index contributed by atoms with van der Waals surface area (Å²) in [5.41, 5.74) is 1.73. The minimum Gasteiger partial charge on any atom is -0.393 e. The summed E-state index contributed by atoms with van der Waals surface area (Å²) in [4.78, 5) is 0. The van der Waals surface area contributed by atoms with Gasteiger partial charge in [-0.15, -0.1) is 0 Å². The van der Waals surface area contributed by atoms with Crippen molar-refractivity contribution in [1.82, 2.24) is 0 Å². The van der Waals surface area contributed by atoms with E-state index in [1.54, 1.807) is 13.0 Å². The topological polar surface area (TPSA) is 44.0 Å². The summed E-state index contributed by atoms with van der Waals surface area (Å²) >= 11 is 0. The third kappa shape index (κ3) is 2.89. The predicted octanol–water partition coefficient (Wildman–Crippen LogP) is 1.87. The lowest BCUT2D eigenvalue weighted by molar-refractivity contribution is 0.185. The van der Waals surface area contributed by atoms with Crippen LogP contribution in [0.25, 0.3) is 0 Å². The van der Waals surface area contributed by atoms with Crippen LogP contribution >= 0.6 is 0 Å². The van der Waals surface area contributed by atoms with Gasteiger partial charge in [-0.05, 0) is 31.4 Å². The Morgan fingerprint density at radius 3 is 2.77 bits per heavy atom. The third-order valence-electron chi connectivity index (χ3n) is 1.97. The molecule has 0 heterocycles. The van der Waals surface area contributed by atoms with Crippen LogP contribution < -0.4 is 0 Å². The van der Waals surface area contributed by atoms with E-state index in [2.05, 4.69) is 6.07 Å². The molecule has 2 nitrogen and oxygen atoms in total. The molecule has 1 N–H and O–H groups in total. The molecule has 0 aliphatic carbocycles. The Morgan fingerprint density at radius 2 is 2.15 bits per heavy atom. The van der Waals surface area contributed by atoms with Crippen LogP contribution in [-0.4, -0.2) is 11.2 Å². The van der Waals surface area contributed by atoms with Gasteiger partial charge in [0.15, 0.2) is 0 Å². The van der Waals surface area contributed by atoms with Crippen LogP contribution in [0.3, 0.4) is 0 Å². The number of benzene rings is 1. The number of nitriles is 1. The highest BCUT2D eigenvalue weighted by molar-refractivity contribution is 5.37. The lowest BCUT2D eigenvalue weighted by atomic mass is 10.0. The normalized spacial score (nSPS) is 12.1. The highest BCUT2D eigenvalue weighted by Gasteiger charge is 2.02. The Kier molecular flexibility index (Phi) is 3.48. The maximum absolute atomic E-state index is 9.09. The van der Waals surface area contributed by atoms with Crippen molar-refractivity contribution >= 4 is 0 Å². The molecule has 0 saturated heterocycles. The van der Waals surface area contributed by atoms with Crippen molar-refractivity contribution in [3.05, 3.63) is 35.4 Å². The number of rotatable bonds is 3. The molecule has 1 rings (SSSR count). The zero-order valence-electron chi connectivity index (χ0n) is 7.70. The molecule has 0 fully saturated rings. The summed E-state index contributed by atoms with van der Waals surface area (Å²) in [5, 5.41) is 17.9. The maximum Gasteiger partial charge on any atom is 0.0994 e. The first kappa shape index (κ1) is 9.76. The first-order valence-corrected chi connectivity index (χ1v) is 4.40. The van der Waals surface area contributed by atoms with Gasteiger partial charge in [0.2, 0.25) is 0 Å². The summed E-state index contributed by atoms with van der Waals surface area (Å²) in [7, 11) is 0. The van der Waals surface area contributed by atoms with E-state index in [0.717, 1.165) is 12.0 Å². The summed E-state index contributed by atoms with van der Waals surface area (Å²) in [6.07, 6.45) is 1.17. The molecule has 0 aliphatic heterocycles. The second kappa shape index (κ2) is 4.64. The summed E-state index contributed by atoms with van der Waals surface area (Å²) < 4.78 is 0. The van der Waals surface area contributed by atoms with Crippen molar-refractivity contribution in [2.24, 2.45) is 0 Å². The summed E-state index contributed by atoms with van der Waals surface area (Å²) in [5.74, 6) is 0. The Bertz CT molecular complexity index is 312. The molecule has 2 heteroatoms. The van der Waals surface area contributed by atoms with Gasteiger partial charge in [-0.2, -0.15) is 5.26 Å². The van der Waals surface area contributed by atoms with E-state index < -0.39 is 0 Å². The monoisotopic (exact) mass is 175 g/mol. The SMILES string of the molecule is C[C@H](O)CCc1ccccc1C#N. The van der Waals surface area contributed by atoms with Crippen molar-refractivity contribution in [2.75, 3.05) is 0 Å². The number of hydrogen-bond donors (Lipinski definition) is 1. The van der Waals surface area contributed by atoms with Gasteiger partial charge in [0, 0.05) is 0 Å². The minimum atomic E-state index is -0.299. The number of aliphatic hydroxyl groups is 1. The van der Waals surface area contributed by atoms with Crippen LogP contribution in [-0.2, 0) is 6.42 Å². The van der Waals surface area contributed by atoms with Crippen LogP contribution in [0.15, 0.2) is 24.3 Å². The van der Waals surface area contributed by atoms with E-state index in [1.165, 1.54) is 0 Å². The zero-order valence-corrected chi connectivity index (χ0v) is 7.70. The molecule has 1 aromatic rings. The Morgan fingerprint density at radius 1 is 1.46 bits per heavy atom. The highest BCUT2D eigenvalue weighted by Crippen LogP contribution is 2.10. The van der Waals surface area contributed by atoms with E-state index >= 15 is 0 Å². The van der Waals surface area contributed by atoms with E-state index in [0.29, 0.717) is 12.0 Å². The Hall–Kier alpha value is -1.33. The molecule has 0 amide bonds. The van der Waals surface area contributed by atoms with E-state index in [4.69, 9.17) is 10.4 Å². The first-order valence-electron chi connectivity index (χ1n) is 4.40. The third-order valence-corrected chi connectivity index (χ3v) is 1.97. The second-order valence-corrected chi connectivity index (χ2v) is 3.16. The first-order chi connectivity index (χ1) is 6.24. The summed E-state index contributed by atoms with van der Waals surface area (Å²) in [6, 6.07) is 9.64. The molecule has 0 saturated carbocycles. The molecular weight excluding hydrogens is 162 g/mol. The smallest absolute Gasteiger partial charge is 0.0994 e. The average Bonchev–Trinajstić information content (AvgIpc) is 2.15. The fourth-order valence-electron chi connectivity index (χ4n) is 1.21. The fourth-order valence-corrected chi connectivity index (χ4v) is 1.21. The number of aliphatic hydroxyl groups excluding tert-OH is 1. The van der Waals surface area contributed by atoms with Crippen molar-refractivity contribution in [1.29, 1.82) is 5.26 Å². The van der Waals surface area contributed by atoms with Crippen LogP contribution in [0, 0.1) is 11.3 Å². The quantitative estimate of drug-likeness (QED) is 0.762. The van der Waals surface area contributed by atoms with Gasteiger partial charge in [-0.25, -0.2) is 0 Å². The molecule has 0 aromatic heterocycles. The molecule has 0 bridgehead atoms. The number of hydrogen-bond acceptors (Lipinski definition) is 2. The van der Waals surface area contributed by atoms with Gasteiger partial charge < -0.3 is 5.11 Å². The molecule has 0 unspecified atom stereocenters. The van der Waals surface area contributed by atoms with Crippen LogP contribution in [0.1, 0.15) is 24.5 Å². The maximum atomic E-state index is 9.09.